The molecule has 0 aliphatic heterocycles. The van der Waals surface area contributed by atoms with Crippen LogP contribution in [0.2, 0.25) is 0 Å². The number of nitriles is 1. The number of para-hydroxylation sites is 1. The van der Waals surface area contributed by atoms with E-state index in [0.717, 1.165) is 65.0 Å². The number of aromatic nitrogens is 2. The molecule has 0 saturated carbocycles. The molecule has 0 bridgehead atoms. The molecule has 0 N–H and O–H groups in total. The second-order valence-corrected chi connectivity index (χ2v) is 8.58. The Morgan fingerprint density at radius 2 is 1.86 bits per heavy atom. The second kappa shape index (κ2) is 12.0. The van der Waals surface area contributed by atoms with Crippen LogP contribution in [0.4, 0.5) is 0 Å². The van der Waals surface area contributed by atoms with Gasteiger partial charge >= 0.3 is 5.97 Å². The molecule has 184 valence electrons. The fraction of sp³-hybridized carbons (Fsp3) is 0.300. The maximum Gasteiger partial charge on any atom is 0.305 e. The third-order valence-corrected chi connectivity index (χ3v) is 6.19. The molecule has 0 atom stereocenters. The molecule has 6 heteroatoms. The summed E-state index contributed by atoms with van der Waals surface area (Å²) in [7, 11) is 0. The van der Waals surface area contributed by atoms with Crippen molar-refractivity contribution in [2.45, 2.75) is 52.6 Å². The molecular weight excluding hydrogens is 450 g/mol. The Balaban J connectivity index is 1.78. The zero-order valence-electron chi connectivity index (χ0n) is 20.9. The summed E-state index contributed by atoms with van der Waals surface area (Å²) >= 11 is 0. The number of carbonyl (C=O) groups is 1. The molecule has 0 amide bonds. The highest BCUT2D eigenvalue weighted by Crippen LogP contribution is 2.33. The van der Waals surface area contributed by atoms with Crippen molar-refractivity contribution in [2.75, 3.05) is 6.61 Å². The minimum atomic E-state index is -0.167. The molecule has 0 unspecified atom stereocenters. The van der Waals surface area contributed by atoms with Gasteiger partial charge in [0.2, 0.25) is 0 Å². The Morgan fingerprint density at radius 1 is 1.03 bits per heavy atom. The van der Waals surface area contributed by atoms with Crippen molar-refractivity contribution in [3.05, 3.63) is 89.2 Å². The zero-order valence-corrected chi connectivity index (χ0v) is 20.9. The number of fused-ring (bicyclic) bond motifs is 1. The molecule has 2 heterocycles. The summed E-state index contributed by atoms with van der Waals surface area (Å²) in [5.41, 5.74) is 6.69. The number of hydrogen-bond acceptors (Lipinski definition) is 5. The van der Waals surface area contributed by atoms with Crippen LogP contribution in [0, 0.1) is 11.3 Å². The van der Waals surface area contributed by atoms with E-state index in [4.69, 9.17) is 14.6 Å². The molecule has 2 aromatic carbocycles. The molecule has 2 aromatic heterocycles. The summed E-state index contributed by atoms with van der Waals surface area (Å²) in [4.78, 5) is 11.9. The summed E-state index contributed by atoms with van der Waals surface area (Å²) in [6.07, 6.45) is 3.50. The fourth-order valence-electron chi connectivity index (χ4n) is 4.45. The summed E-state index contributed by atoms with van der Waals surface area (Å²) in [6, 6.07) is 23.9. The minimum Gasteiger partial charge on any atom is -0.487 e. The first-order valence-corrected chi connectivity index (χ1v) is 12.5. The first kappa shape index (κ1) is 25.0. The Hall–Kier alpha value is -4.11. The summed E-state index contributed by atoms with van der Waals surface area (Å²) in [5, 5.41) is 14.6. The van der Waals surface area contributed by atoms with E-state index in [0.29, 0.717) is 25.2 Å². The molecule has 0 radical (unpaired) electrons. The predicted octanol–water partition coefficient (Wildman–Crippen LogP) is 6.29. The van der Waals surface area contributed by atoms with Gasteiger partial charge in [-0.15, -0.1) is 0 Å². The van der Waals surface area contributed by atoms with Gasteiger partial charge in [-0.1, -0.05) is 37.3 Å². The molecule has 4 aromatic rings. The predicted molar refractivity (Wildman–Crippen MR) is 140 cm³/mol. The normalized spacial score (nSPS) is 10.8. The highest BCUT2D eigenvalue weighted by molar-refractivity contribution is 5.84. The number of esters is 1. The largest absolute Gasteiger partial charge is 0.487 e. The Kier molecular flexibility index (Phi) is 8.36. The molecule has 36 heavy (non-hydrogen) atoms. The Bertz CT molecular complexity index is 1370. The number of carbonyl (C=O) groups excluding carboxylic acids is 1. The molecule has 4 rings (SSSR count). The minimum absolute atomic E-state index is 0.167. The van der Waals surface area contributed by atoms with E-state index in [2.05, 4.69) is 25.1 Å². The first-order chi connectivity index (χ1) is 17.6. The van der Waals surface area contributed by atoms with Gasteiger partial charge in [0.1, 0.15) is 18.1 Å². The zero-order chi connectivity index (χ0) is 25.3. The molecule has 6 nitrogen and oxygen atoms in total. The van der Waals surface area contributed by atoms with E-state index < -0.39 is 0 Å². The maximum atomic E-state index is 11.9. The Morgan fingerprint density at radius 3 is 2.61 bits per heavy atom. The number of benzene rings is 2. The van der Waals surface area contributed by atoms with Gasteiger partial charge in [0.25, 0.3) is 0 Å². The van der Waals surface area contributed by atoms with Gasteiger partial charge in [-0.25, -0.2) is 4.52 Å². The van der Waals surface area contributed by atoms with Crippen LogP contribution in [0.5, 0.6) is 5.75 Å². The van der Waals surface area contributed by atoms with Gasteiger partial charge in [0.15, 0.2) is 0 Å². The van der Waals surface area contributed by atoms with E-state index in [9.17, 15) is 10.1 Å². The lowest BCUT2D eigenvalue weighted by Crippen LogP contribution is -2.11. The number of rotatable bonds is 11. The van der Waals surface area contributed by atoms with Crippen molar-refractivity contribution in [1.29, 1.82) is 5.26 Å². The molecular formula is C30H31N3O3. The number of aryl methyl sites for hydroxylation is 1. The molecule has 0 fully saturated rings. The lowest BCUT2D eigenvalue weighted by molar-refractivity contribution is -0.143. The number of hydrogen-bond donors (Lipinski definition) is 0. The smallest absolute Gasteiger partial charge is 0.305 e. The third kappa shape index (κ3) is 5.75. The van der Waals surface area contributed by atoms with Crippen LogP contribution in [0.3, 0.4) is 0 Å². The van der Waals surface area contributed by atoms with Crippen LogP contribution in [0.1, 0.15) is 55.6 Å². The van der Waals surface area contributed by atoms with Crippen LogP contribution >= 0.6 is 0 Å². The number of nitrogens with zero attached hydrogens (tertiary/aromatic N) is 3. The van der Waals surface area contributed by atoms with Crippen LogP contribution in [-0.4, -0.2) is 22.2 Å². The standard InChI is InChI=1S/C30H31N3O3/c1-3-24-17-18-28-30(23-12-10-11-22(19-23)20-31)26(15-8-9-16-29(34)35-4-2)27(32-33(24)28)21-36-25-13-6-5-7-14-25/h5-7,10-14,17-19H,3-4,8-9,15-16,21H2,1-2H3. The van der Waals surface area contributed by atoms with Crippen LogP contribution in [0.25, 0.3) is 16.6 Å². The summed E-state index contributed by atoms with van der Waals surface area (Å²) in [5.74, 6) is 0.615. The van der Waals surface area contributed by atoms with Crippen molar-refractivity contribution in [3.63, 3.8) is 0 Å². The third-order valence-electron chi connectivity index (χ3n) is 6.19. The second-order valence-electron chi connectivity index (χ2n) is 8.58. The van der Waals surface area contributed by atoms with Gasteiger partial charge in [0.05, 0.1) is 23.8 Å². The van der Waals surface area contributed by atoms with E-state index in [-0.39, 0.29) is 5.97 Å². The highest BCUT2D eigenvalue weighted by atomic mass is 16.5. The van der Waals surface area contributed by atoms with Crippen molar-refractivity contribution >= 4 is 11.5 Å². The molecule has 0 aliphatic carbocycles. The van der Waals surface area contributed by atoms with Crippen molar-refractivity contribution in [3.8, 4) is 22.9 Å². The van der Waals surface area contributed by atoms with Crippen LogP contribution < -0.4 is 4.74 Å². The number of ether oxygens (including phenoxy) is 2. The SMILES string of the molecule is CCOC(=O)CCCCc1c(COc2ccccc2)nn2c(CC)ccc2c1-c1cccc(C#N)c1. The topological polar surface area (TPSA) is 76.6 Å². The van der Waals surface area contributed by atoms with Crippen molar-refractivity contribution in [2.24, 2.45) is 0 Å². The van der Waals surface area contributed by atoms with E-state index >= 15 is 0 Å². The lowest BCUT2D eigenvalue weighted by Gasteiger charge is -2.18. The first-order valence-electron chi connectivity index (χ1n) is 12.5. The van der Waals surface area contributed by atoms with Crippen LogP contribution in [0.15, 0.2) is 66.7 Å². The molecule has 0 aliphatic rings. The molecule has 0 saturated heterocycles. The quantitative estimate of drug-likeness (QED) is 0.186. The van der Waals surface area contributed by atoms with Crippen molar-refractivity contribution in [1.82, 2.24) is 9.61 Å². The lowest BCUT2D eigenvalue weighted by atomic mass is 9.93. The van der Waals surface area contributed by atoms with Gasteiger partial charge in [-0.3, -0.25) is 4.79 Å². The van der Waals surface area contributed by atoms with E-state index in [1.165, 1.54) is 0 Å². The van der Waals surface area contributed by atoms with Gasteiger partial charge in [-0.05, 0) is 80.1 Å². The monoisotopic (exact) mass is 481 g/mol. The van der Waals surface area contributed by atoms with Crippen LogP contribution in [-0.2, 0) is 29.0 Å². The van der Waals surface area contributed by atoms with Crippen molar-refractivity contribution < 1.29 is 14.3 Å². The average Bonchev–Trinajstić information content (AvgIpc) is 3.32. The highest BCUT2D eigenvalue weighted by Gasteiger charge is 2.19. The summed E-state index contributed by atoms with van der Waals surface area (Å²) in [6.45, 7) is 4.65. The average molecular weight is 482 g/mol. The number of unbranched alkanes of at least 4 members (excludes halogenated alkanes) is 1. The van der Waals surface area contributed by atoms with Gasteiger partial charge in [-0.2, -0.15) is 10.4 Å². The molecule has 0 spiro atoms. The van der Waals surface area contributed by atoms with E-state index in [1.807, 2.05) is 66.0 Å². The van der Waals surface area contributed by atoms with Gasteiger partial charge in [0, 0.05) is 17.7 Å². The van der Waals surface area contributed by atoms with Gasteiger partial charge < -0.3 is 9.47 Å². The summed E-state index contributed by atoms with van der Waals surface area (Å²) < 4.78 is 13.2. The van der Waals surface area contributed by atoms with E-state index in [1.54, 1.807) is 0 Å². The maximum absolute atomic E-state index is 11.9. The Labute approximate surface area is 212 Å². The fourth-order valence-corrected chi connectivity index (χ4v) is 4.45.